The molecule has 2 aromatic carbocycles. The Labute approximate surface area is 91.5 Å². The fourth-order valence-electron chi connectivity index (χ4n) is 0.926. The summed E-state index contributed by atoms with van der Waals surface area (Å²) in [6, 6.07) is 21.2. The molecule has 0 radical (unpaired) electrons. The van der Waals surface area contributed by atoms with Gasteiger partial charge in [-0.05, 0) is 12.1 Å². The number of benzene rings is 2. The molecule has 15 heavy (non-hydrogen) atoms. The van der Waals surface area contributed by atoms with Crippen molar-refractivity contribution in [3.8, 4) is 5.75 Å². The summed E-state index contributed by atoms with van der Waals surface area (Å²) >= 11 is 0. The fraction of sp³-hybridized carbons (Fsp3) is 0. The van der Waals surface area contributed by atoms with Gasteiger partial charge in [-0.15, -0.1) is 0 Å². The average Bonchev–Trinajstić information content (AvgIpc) is 2.34. The first-order valence-corrected chi connectivity index (χ1v) is 5.40. The molecule has 0 aliphatic carbocycles. The number of rotatable bonds is 2. The lowest BCUT2D eigenvalue weighted by molar-refractivity contribution is 0.514. The summed E-state index contributed by atoms with van der Waals surface area (Å²) in [6.07, 6.45) is 0. The fourth-order valence-corrected chi connectivity index (χ4v) is 1.17. The van der Waals surface area contributed by atoms with Crippen molar-refractivity contribution >= 4 is 9.03 Å². The van der Waals surface area contributed by atoms with E-state index < -0.39 is 9.03 Å². The summed E-state index contributed by atoms with van der Waals surface area (Å²) in [7, 11) is -0.465. The van der Waals surface area contributed by atoms with Gasteiger partial charge in [-0.25, -0.2) is 0 Å². The molecule has 0 aliphatic rings. The Morgan fingerprint density at radius 3 is 1.53 bits per heavy atom. The van der Waals surface area contributed by atoms with Crippen LogP contribution in [0.3, 0.4) is 0 Å². The standard InChI is InChI=1S/C6H7O2P.C6H6/c7-9-8-6-4-2-1-3-5-6;1-2-4-6-5-3-1/h1-5,7,9H;1-6H. The third-order valence-corrected chi connectivity index (χ3v) is 1.90. The van der Waals surface area contributed by atoms with Gasteiger partial charge in [-0.2, -0.15) is 0 Å². The topological polar surface area (TPSA) is 29.5 Å². The molecule has 1 unspecified atom stereocenters. The molecular weight excluding hydrogens is 207 g/mol. The average molecular weight is 220 g/mol. The van der Waals surface area contributed by atoms with E-state index in [2.05, 4.69) is 0 Å². The van der Waals surface area contributed by atoms with Crippen molar-refractivity contribution in [1.82, 2.24) is 0 Å². The van der Waals surface area contributed by atoms with E-state index in [1.165, 1.54) is 0 Å². The summed E-state index contributed by atoms with van der Waals surface area (Å²) in [5, 5.41) is 0. The van der Waals surface area contributed by atoms with E-state index in [0.717, 1.165) is 0 Å². The van der Waals surface area contributed by atoms with Crippen LogP contribution in [0.2, 0.25) is 0 Å². The lowest BCUT2D eigenvalue weighted by Crippen LogP contribution is -1.73. The second-order valence-corrected chi connectivity index (χ2v) is 3.05. The molecule has 0 spiro atoms. The van der Waals surface area contributed by atoms with E-state index >= 15 is 0 Å². The van der Waals surface area contributed by atoms with Crippen LogP contribution in [0.5, 0.6) is 5.75 Å². The molecule has 3 heteroatoms. The van der Waals surface area contributed by atoms with Crippen molar-refractivity contribution in [3.63, 3.8) is 0 Å². The van der Waals surface area contributed by atoms with E-state index in [0.29, 0.717) is 5.75 Å². The van der Waals surface area contributed by atoms with E-state index in [9.17, 15) is 0 Å². The maximum absolute atomic E-state index is 8.33. The maximum Gasteiger partial charge on any atom is 0.212 e. The van der Waals surface area contributed by atoms with Gasteiger partial charge in [0.05, 0.1) is 0 Å². The van der Waals surface area contributed by atoms with E-state index in [1.807, 2.05) is 54.6 Å². The summed E-state index contributed by atoms with van der Waals surface area (Å²) in [5.41, 5.74) is 0. The molecule has 0 bridgehead atoms. The molecule has 1 N–H and O–H groups in total. The Balaban J connectivity index is 0.000000162. The molecule has 78 valence electrons. The monoisotopic (exact) mass is 220 g/mol. The summed E-state index contributed by atoms with van der Waals surface area (Å²) < 4.78 is 4.79. The quantitative estimate of drug-likeness (QED) is 0.787. The molecule has 1 atom stereocenters. The van der Waals surface area contributed by atoms with Gasteiger partial charge in [0.2, 0.25) is 9.03 Å². The van der Waals surface area contributed by atoms with Crippen molar-refractivity contribution < 1.29 is 9.42 Å². The van der Waals surface area contributed by atoms with Crippen LogP contribution in [-0.2, 0) is 0 Å². The minimum atomic E-state index is -0.465. The molecule has 2 aromatic rings. The molecule has 0 amide bonds. The van der Waals surface area contributed by atoms with Crippen molar-refractivity contribution in [2.24, 2.45) is 0 Å². The second-order valence-electron chi connectivity index (χ2n) is 2.66. The maximum atomic E-state index is 8.33. The van der Waals surface area contributed by atoms with E-state index in [-0.39, 0.29) is 0 Å². The first kappa shape index (κ1) is 11.7. The van der Waals surface area contributed by atoms with Gasteiger partial charge >= 0.3 is 0 Å². The van der Waals surface area contributed by atoms with Crippen LogP contribution in [0.15, 0.2) is 66.7 Å². The van der Waals surface area contributed by atoms with Gasteiger partial charge in [0.1, 0.15) is 5.75 Å². The highest BCUT2D eigenvalue weighted by Crippen LogP contribution is 2.15. The minimum Gasteiger partial charge on any atom is -0.450 e. The van der Waals surface area contributed by atoms with Gasteiger partial charge in [-0.3, -0.25) is 0 Å². The van der Waals surface area contributed by atoms with E-state index in [4.69, 9.17) is 9.42 Å². The third-order valence-electron chi connectivity index (χ3n) is 1.57. The molecule has 2 rings (SSSR count). The molecule has 2 nitrogen and oxygen atoms in total. The van der Waals surface area contributed by atoms with Crippen LogP contribution in [0.1, 0.15) is 0 Å². The van der Waals surface area contributed by atoms with Gasteiger partial charge in [-0.1, -0.05) is 54.6 Å². The smallest absolute Gasteiger partial charge is 0.212 e. The van der Waals surface area contributed by atoms with Crippen LogP contribution < -0.4 is 4.52 Å². The van der Waals surface area contributed by atoms with Gasteiger partial charge in [0.25, 0.3) is 0 Å². The lowest BCUT2D eigenvalue weighted by atomic mass is 10.3. The highest BCUT2D eigenvalue weighted by atomic mass is 31.1. The Hall–Kier alpha value is -1.37. The predicted octanol–water partition coefficient (Wildman–Crippen LogP) is 3.25. The minimum absolute atomic E-state index is 0.465. The largest absolute Gasteiger partial charge is 0.450 e. The van der Waals surface area contributed by atoms with Gasteiger partial charge in [0.15, 0.2) is 0 Å². The van der Waals surface area contributed by atoms with Gasteiger partial charge in [0, 0.05) is 0 Å². The van der Waals surface area contributed by atoms with Gasteiger partial charge < -0.3 is 9.42 Å². The first-order valence-electron chi connectivity index (χ1n) is 4.54. The van der Waals surface area contributed by atoms with Crippen molar-refractivity contribution in [2.45, 2.75) is 0 Å². The molecule has 0 aliphatic heterocycles. The molecule has 0 fully saturated rings. The zero-order valence-electron chi connectivity index (χ0n) is 8.21. The van der Waals surface area contributed by atoms with Crippen LogP contribution in [0.25, 0.3) is 0 Å². The molecular formula is C12H13O2P. The Kier molecular flexibility index (Phi) is 6.23. The van der Waals surface area contributed by atoms with Crippen LogP contribution >= 0.6 is 9.03 Å². The zero-order valence-corrected chi connectivity index (χ0v) is 9.21. The molecule has 0 aromatic heterocycles. The second kappa shape index (κ2) is 7.98. The first-order chi connectivity index (χ1) is 7.43. The Morgan fingerprint density at radius 1 is 0.733 bits per heavy atom. The molecule has 0 saturated carbocycles. The third kappa shape index (κ3) is 5.84. The Morgan fingerprint density at radius 2 is 1.13 bits per heavy atom. The van der Waals surface area contributed by atoms with Crippen LogP contribution in [-0.4, -0.2) is 4.89 Å². The predicted molar refractivity (Wildman–Crippen MR) is 64.0 cm³/mol. The SMILES string of the molecule is OPOc1ccccc1.c1ccccc1. The highest BCUT2D eigenvalue weighted by Gasteiger charge is 1.85. The number of para-hydroxylation sites is 1. The van der Waals surface area contributed by atoms with Crippen LogP contribution in [0.4, 0.5) is 0 Å². The highest BCUT2D eigenvalue weighted by molar-refractivity contribution is 7.25. The summed E-state index contributed by atoms with van der Waals surface area (Å²) in [6.45, 7) is 0. The normalized spacial score (nSPS) is 9.40. The lowest BCUT2D eigenvalue weighted by Gasteiger charge is -1.97. The van der Waals surface area contributed by atoms with Crippen molar-refractivity contribution in [1.29, 1.82) is 0 Å². The summed E-state index contributed by atoms with van der Waals surface area (Å²) in [4.78, 5) is 8.33. The Bertz CT molecular complexity index is 311. The molecule has 0 heterocycles. The van der Waals surface area contributed by atoms with Crippen molar-refractivity contribution in [3.05, 3.63) is 66.7 Å². The van der Waals surface area contributed by atoms with E-state index in [1.54, 1.807) is 12.1 Å². The number of hydrogen-bond donors (Lipinski definition) is 1. The van der Waals surface area contributed by atoms with Crippen LogP contribution in [0, 0.1) is 0 Å². The summed E-state index contributed by atoms with van der Waals surface area (Å²) in [5.74, 6) is 0.707. The molecule has 0 saturated heterocycles. The van der Waals surface area contributed by atoms with Crippen molar-refractivity contribution in [2.75, 3.05) is 0 Å². The number of hydrogen-bond acceptors (Lipinski definition) is 2. The zero-order chi connectivity index (χ0) is 10.8.